The monoisotopic (exact) mass is 256 g/mol. The third-order valence-corrected chi connectivity index (χ3v) is 3.77. The first kappa shape index (κ1) is 14.8. The number of piperidine rings is 1. The molecule has 0 aromatic heterocycles. The highest BCUT2D eigenvalue weighted by Gasteiger charge is 2.29. The lowest BCUT2D eigenvalue weighted by atomic mass is 9.88. The van der Waals surface area contributed by atoms with Crippen LogP contribution in [-0.4, -0.2) is 41.1 Å². The molecule has 0 saturated carbocycles. The molecule has 1 saturated heterocycles. The number of aliphatic carboxylic acids is 1. The molecule has 2 N–H and O–H groups in total. The summed E-state index contributed by atoms with van der Waals surface area (Å²) in [5, 5.41) is 11.9. The molecule has 1 atom stereocenters. The van der Waals surface area contributed by atoms with Crippen molar-refractivity contribution >= 4 is 12.0 Å². The van der Waals surface area contributed by atoms with Crippen LogP contribution in [0.15, 0.2) is 0 Å². The van der Waals surface area contributed by atoms with Crippen LogP contribution in [0.1, 0.15) is 40.5 Å². The van der Waals surface area contributed by atoms with Crippen LogP contribution in [0.5, 0.6) is 0 Å². The van der Waals surface area contributed by atoms with Gasteiger partial charge in [0.1, 0.15) is 0 Å². The van der Waals surface area contributed by atoms with Crippen molar-refractivity contribution in [3.63, 3.8) is 0 Å². The number of nitrogens with zero attached hydrogens (tertiary/aromatic N) is 1. The van der Waals surface area contributed by atoms with Crippen molar-refractivity contribution in [2.24, 2.45) is 11.3 Å². The summed E-state index contributed by atoms with van der Waals surface area (Å²) in [6, 6.07) is 0.00320. The van der Waals surface area contributed by atoms with Gasteiger partial charge in [0.25, 0.3) is 0 Å². The second-order valence-electron chi connectivity index (χ2n) is 6.14. The molecule has 2 amide bonds. The summed E-state index contributed by atoms with van der Waals surface area (Å²) in [4.78, 5) is 24.5. The Balaban J connectivity index is 2.43. The second kappa shape index (κ2) is 5.59. The number of hydrogen-bond acceptors (Lipinski definition) is 2. The molecule has 1 unspecified atom stereocenters. The Hall–Kier alpha value is -1.26. The topological polar surface area (TPSA) is 69.6 Å². The summed E-state index contributed by atoms with van der Waals surface area (Å²) in [6.45, 7) is 9.28. The number of rotatable bonds is 2. The minimum atomic E-state index is -0.752. The number of urea groups is 1. The van der Waals surface area contributed by atoms with Crippen molar-refractivity contribution in [3.8, 4) is 0 Å². The number of carbonyl (C=O) groups excluding carboxylic acids is 1. The highest BCUT2D eigenvalue weighted by atomic mass is 16.4. The van der Waals surface area contributed by atoms with Crippen molar-refractivity contribution in [2.75, 3.05) is 13.1 Å². The Kier molecular flexibility index (Phi) is 4.59. The number of nitrogens with one attached hydrogen (secondary N) is 1. The van der Waals surface area contributed by atoms with E-state index in [4.69, 9.17) is 5.11 Å². The van der Waals surface area contributed by atoms with Gasteiger partial charge in [0.15, 0.2) is 0 Å². The minimum absolute atomic E-state index is 0.0229. The summed E-state index contributed by atoms with van der Waals surface area (Å²) in [5.74, 6) is -1.05. The fraction of sp³-hybridized carbons (Fsp3) is 0.846. The largest absolute Gasteiger partial charge is 0.481 e. The van der Waals surface area contributed by atoms with Crippen molar-refractivity contribution < 1.29 is 14.7 Å². The minimum Gasteiger partial charge on any atom is -0.481 e. The van der Waals surface area contributed by atoms with Crippen LogP contribution in [0, 0.1) is 11.3 Å². The molecule has 104 valence electrons. The maximum Gasteiger partial charge on any atom is 0.317 e. The fourth-order valence-electron chi connectivity index (χ4n) is 1.82. The molecule has 0 radical (unpaired) electrons. The molecular weight excluding hydrogens is 232 g/mol. The molecule has 1 aliphatic heterocycles. The van der Waals surface area contributed by atoms with Crippen molar-refractivity contribution in [2.45, 2.75) is 46.6 Å². The van der Waals surface area contributed by atoms with Crippen LogP contribution in [0.3, 0.4) is 0 Å². The molecule has 0 aromatic carbocycles. The third kappa shape index (κ3) is 3.89. The molecule has 5 heteroatoms. The van der Waals surface area contributed by atoms with Crippen LogP contribution in [0.2, 0.25) is 0 Å². The van der Waals surface area contributed by atoms with Gasteiger partial charge in [0.2, 0.25) is 0 Å². The van der Waals surface area contributed by atoms with E-state index in [2.05, 4.69) is 26.1 Å². The van der Waals surface area contributed by atoms with Gasteiger partial charge < -0.3 is 15.3 Å². The predicted molar refractivity (Wildman–Crippen MR) is 69.4 cm³/mol. The zero-order chi connectivity index (χ0) is 13.9. The van der Waals surface area contributed by atoms with E-state index in [1.165, 1.54) is 0 Å². The Morgan fingerprint density at radius 2 is 1.78 bits per heavy atom. The van der Waals surface area contributed by atoms with Gasteiger partial charge in [-0.1, -0.05) is 20.8 Å². The van der Waals surface area contributed by atoms with Crippen LogP contribution < -0.4 is 5.32 Å². The number of amides is 2. The van der Waals surface area contributed by atoms with E-state index in [9.17, 15) is 9.59 Å². The number of likely N-dealkylation sites (tertiary alicyclic amines) is 1. The van der Waals surface area contributed by atoms with E-state index in [1.807, 2.05) is 6.92 Å². The van der Waals surface area contributed by atoms with E-state index in [0.29, 0.717) is 25.9 Å². The SMILES string of the molecule is CC(NC(=O)N1CCC(C(=O)O)CC1)C(C)(C)C. The van der Waals surface area contributed by atoms with Gasteiger partial charge in [-0.15, -0.1) is 0 Å². The summed E-state index contributed by atoms with van der Waals surface area (Å²) >= 11 is 0. The average Bonchev–Trinajstić information content (AvgIpc) is 2.27. The van der Waals surface area contributed by atoms with Gasteiger partial charge in [-0.25, -0.2) is 4.79 Å². The van der Waals surface area contributed by atoms with Crippen molar-refractivity contribution in [3.05, 3.63) is 0 Å². The Bertz CT molecular complexity index is 315. The van der Waals surface area contributed by atoms with Crippen molar-refractivity contribution in [1.29, 1.82) is 0 Å². The van der Waals surface area contributed by atoms with E-state index in [0.717, 1.165) is 0 Å². The molecular formula is C13H24N2O3. The van der Waals surface area contributed by atoms with Gasteiger partial charge in [0.05, 0.1) is 5.92 Å². The van der Waals surface area contributed by atoms with Gasteiger partial charge in [-0.2, -0.15) is 0 Å². The Morgan fingerprint density at radius 3 is 2.17 bits per heavy atom. The standard InChI is InChI=1S/C13H24N2O3/c1-9(13(2,3)4)14-12(18)15-7-5-10(6-8-15)11(16)17/h9-10H,5-8H2,1-4H3,(H,14,18)(H,16,17). The first-order chi connectivity index (χ1) is 8.21. The number of carbonyl (C=O) groups is 2. The van der Waals surface area contributed by atoms with Gasteiger partial charge in [0, 0.05) is 19.1 Å². The molecule has 18 heavy (non-hydrogen) atoms. The van der Waals surface area contributed by atoms with E-state index < -0.39 is 5.97 Å². The van der Waals surface area contributed by atoms with Crippen LogP contribution in [0.25, 0.3) is 0 Å². The van der Waals surface area contributed by atoms with E-state index in [1.54, 1.807) is 4.90 Å². The maximum absolute atomic E-state index is 12.0. The maximum atomic E-state index is 12.0. The molecule has 0 spiro atoms. The van der Waals surface area contributed by atoms with Gasteiger partial charge in [-0.3, -0.25) is 4.79 Å². The quantitative estimate of drug-likeness (QED) is 0.793. The summed E-state index contributed by atoms with van der Waals surface area (Å²) in [6.07, 6.45) is 1.10. The molecule has 0 aromatic rings. The summed E-state index contributed by atoms with van der Waals surface area (Å²) < 4.78 is 0. The summed E-state index contributed by atoms with van der Waals surface area (Å²) in [7, 11) is 0. The highest BCUT2D eigenvalue weighted by molar-refractivity contribution is 5.75. The lowest BCUT2D eigenvalue weighted by Crippen LogP contribution is -2.50. The molecule has 0 bridgehead atoms. The van der Waals surface area contributed by atoms with Crippen LogP contribution in [-0.2, 0) is 4.79 Å². The predicted octanol–water partition coefficient (Wildman–Crippen LogP) is 1.93. The summed E-state index contributed by atoms with van der Waals surface area (Å²) in [5.41, 5.74) is 0.0229. The van der Waals surface area contributed by atoms with Gasteiger partial charge >= 0.3 is 12.0 Å². The lowest BCUT2D eigenvalue weighted by Gasteiger charge is -2.34. The van der Waals surface area contributed by atoms with E-state index >= 15 is 0 Å². The zero-order valence-electron chi connectivity index (χ0n) is 11.7. The van der Waals surface area contributed by atoms with Crippen LogP contribution >= 0.6 is 0 Å². The lowest BCUT2D eigenvalue weighted by molar-refractivity contribution is -0.143. The third-order valence-electron chi connectivity index (χ3n) is 3.77. The molecule has 1 rings (SSSR count). The Labute approximate surface area is 109 Å². The average molecular weight is 256 g/mol. The Morgan fingerprint density at radius 1 is 1.28 bits per heavy atom. The zero-order valence-corrected chi connectivity index (χ0v) is 11.7. The highest BCUT2D eigenvalue weighted by Crippen LogP contribution is 2.20. The second-order valence-corrected chi connectivity index (χ2v) is 6.14. The van der Waals surface area contributed by atoms with Crippen LogP contribution in [0.4, 0.5) is 4.79 Å². The fourth-order valence-corrected chi connectivity index (χ4v) is 1.82. The normalized spacial score (nSPS) is 19.4. The smallest absolute Gasteiger partial charge is 0.317 e. The molecule has 5 nitrogen and oxygen atoms in total. The number of carboxylic acids is 1. The van der Waals surface area contributed by atoms with Gasteiger partial charge in [-0.05, 0) is 25.2 Å². The molecule has 1 heterocycles. The number of hydrogen-bond donors (Lipinski definition) is 2. The molecule has 0 aliphatic carbocycles. The number of carboxylic acid groups (broad SMARTS) is 1. The first-order valence-electron chi connectivity index (χ1n) is 6.50. The van der Waals surface area contributed by atoms with Crippen molar-refractivity contribution in [1.82, 2.24) is 10.2 Å². The first-order valence-corrected chi connectivity index (χ1v) is 6.50. The molecule has 1 aliphatic rings. The van der Waals surface area contributed by atoms with E-state index in [-0.39, 0.29) is 23.4 Å². The molecule has 1 fully saturated rings.